The zero-order valence-corrected chi connectivity index (χ0v) is 16.3. The van der Waals surface area contributed by atoms with Gasteiger partial charge in [0, 0.05) is 31.7 Å². The van der Waals surface area contributed by atoms with Gasteiger partial charge in [0.05, 0.1) is 30.0 Å². The van der Waals surface area contributed by atoms with Gasteiger partial charge in [-0.3, -0.25) is 9.58 Å². The Kier molecular flexibility index (Phi) is 5.09. The quantitative estimate of drug-likeness (QED) is 0.807. The van der Waals surface area contributed by atoms with Crippen LogP contribution in [0.25, 0.3) is 0 Å². The lowest BCUT2D eigenvalue weighted by Crippen LogP contribution is -2.34. The van der Waals surface area contributed by atoms with Crippen LogP contribution in [0.15, 0.2) is 18.2 Å². The van der Waals surface area contributed by atoms with E-state index in [1.165, 1.54) is 11.3 Å². The molecule has 0 N–H and O–H groups in total. The summed E-state index contributed by atoms with van der Waals surface area (Å²) in [4.78, 5) is 2.48. The number of hydrogen-bond acceptors (Lipinski definition) is 4. The van der Waals surface area contributed by atoms with Crippen molar-refractivity contribution >= 4 is 11.6 Å². The number of aromatic nitrogens is 2. The lowest BCUT2D eigenvalue weighted by Gasteiger charge is -2.32. The predicted octanol–water partition coefficient (Wildman–Crippen LogP) is 4.15. The van der Waals surface area contributed by atoms with Crippen molar-refractivity contribution in [3.63, 3.8) is 0 Å². The smallest absolute Gasteiger partial charge is 0.179 e. The molecule has 0 saturated carbocycles. The summed E-state index contributed by atoms with van der Waals surface area (Å²) in [5, 5.41) is 5.31. The highest BCUT2D eigenvalue weighted by molar-refractivity contribution is 6.32. The summed E-state index contributed by atoms with van der Waals surface area (Å²) in [6.45, 7) is 8.57. The van der Waals surface area contributed by atoms with Crippen molar-refractivity contribution in [1.82, 2.24) is 14.7 Å². The molecule has 5 nitrogen and oxygen atoms in total. The molecule has 0 bridgehead atoms. The van der Waals surface area contributed by atoms with Gasteiger partial charge in [0.25, 0.3) is 0 Å². The van der Waals surface area contributed by atoms with E-state index in [-0.39, 0.29) is 0 Å². The number of hydrogen-bond donors (Lipinski definition) is 0. The van der Waals surface area contributed by atoms with Crippen molar-refractivity contribution < 1.29 is 9.47 Å². The van der Waals surface area contributed by atoms with Gasteiger partial charge in [0.2, 0.25) is 0 Å². The van der Waals surface area contributed by atoms with Gasteiger partial charge in [-0.1, -0.05) is 11.6 Å². The van der Waals surface area contributed by atoms with Gasteiger partial charge >= 0.3 is 0 Å². The second-order valence-electron chi connectivity index (χ2n) is 7.33. The summed E-state index contributed by atoms with van der Waals surface area (Å²) in [6, 6.07) is 6.76. The van der Waals surface area contributed by atoms with Gasteiger partial charge in [0.15, 0.2) is 11.5 Å². The molecular weight excluding hydrogens is 350 g/mol. The molecule has 0 atom stereocenters. The molecule has 0 radical (unpaired) electrons. The van der Waals surface area contributed by atoms with E-state index in [1.807, 2.05) is 6.07 Å². The maximum absolute atomic E-state index is 6.43. The molecule has 2 aliphatic rings. The number of rotatable bonds is 3. The highest BCUT2D eigenvalue weighted by atomic mass is 35.5. The minimum atomic E-state index is 0.507. The van der Waals surface area contributed by atoms with E-state index in [4.69, 9.17) is 21.1 Å². The maximum Gasteiger partial charge on any atom is 0.179 e. The summed E-state index contributed by atoms with van der Waals surface area (Å²) >= 11 is 6.43. The summed E-state index contributed by atoms with van der Waals surface area (Å²) in [5.74, 6) is 1.47. The molecule has 2 aromatic rings. The van der Waals surface area contributed by atoms with Crippen LogP contribution in [-0.4, -0.2) is 41.0 Å². The molecule has 1 saturated heterocycles. The van der Waals surface area contributed by atoms with E-state index < -0.39 is 0 Å². The number of ether oxygens (including phenoxy) is 2. The topological polar surface area (TPSA) is 39.5 Å². The van der Waals surface area contributed by atoms with E-state index in [0.717, 1.165) is 50.3 Å². The van der Waals surface area contributed by atoms with Crippen molar-refractivity contribution in [2.45, 2.75) is 45.7 Å². The average molecular weight is 376 g/mol. The average Bonchev–Trinajstić information content (AvgIpc) is 2.81. The molecule has 26 heavy (non-hydrogen) atoms. The van der Waals surface area contributed by atoms with Crippen molar-refractivity contribution in [3.8, 4) is 11.5 Å². The Balaban J connectivity index is 1.41. The Labute approximate surface area is 159 Å². The van der Waals surface area contributed by atoms with Gasteiger partial charge in [-0.2, -0.15) is 5.10 Å². The zero-order valence-electron chi connectivity index (χ0n) is 15.5. The number of aryl methyl sites for hydroxylation is 2. The van der Waals surface area contributed by atoms with Gasteiger partial charge in [0.1, 0.15) is 0 Å². The minimum absolute atomic E-state index is 0.507. The molecule has 6 heteroatoms. The van der Waals surface area contributed by atoms with Gasteiger partial charge in [-0.15, -0.1) is 0 Å². The normalized spacial score (nSPS) is 18.7. The first-order chi connectivity index (χ1) is 12.6. The first-order valence-corrected chi connectivity index (χ1v) is 9.81. The Bertz CT molecular complexity index is 782. The molecule has 140 valence electrons. The molecule has 1 aromatic carbocycles. The summed E-state index contributed by atoms with van der Waals surface area (Å²) in [5.41, 5.74) is 3.55. The molecule has 1 aromatic heterocycles. The van der Waals surface area contributed by atoms with E-state index in [1.54, 1.807) is 0 Å². The molecule has 1 fully saturated rings. The second-order valence-corrected chi connectivity index (χ2v) is 7.74. The third-order valence-electron chi connectivity index (χ3n) is 5.22. The van der Waals surface area contributed by atoms with E-state index >= 15 is 0 Å². The van der Waals surface area contributed by atoms with Crippen molar-refractivity contribution in [2.75, 3.05) is 26.3 Å². The molecule has 2 aliphatic heterocycles. The van der Waals surface area contributed by atoms with Crippen LogP contribution in [0, 0.1) is 13.8 Å². The molecule has 0 spiro atoms. The number of fused-ring (bicyclic) bond motifs is 1. The van der Waals surface area contributed by atoms with Gasteiger partial charge < -0.3 is 9.47 Å². The standard InChI is InChI=1S/C20H26ClN3O2/c1-14-10-15(2)24(22-14)17-4-6-23(7-5-17)13-16-11-18(21)20-19(12-16)25-8-3-9-26-20/h10-12,17H,3-9,13H2,1-2H3. The fourth-order valence-electron chi connectivity index (χ4n) is 3.97. The van der Waals surface area contributed by atoms with E-state index in [2.05, 4.69) is 40.7 Å². The number of likely N-dealkylation sites (tertiary alicyclic amines) is 1. The molecular formula is C20H26ClN3O2. The van der Waals surface area contributed by atoms with Crippen LogP contribution in [0.2, 0.25) is 5.02 Å². The van der Waals surface area contributed by atoms with E-state index in [9.17, 15) is 0 Å². The Morgan fingerprint density at radius 3 is 2.62 bits per heavy atom. The minimum Gasteiger partial charge on any atom is -0.489 e. The van der Waals surface area contributed by atoms with Gasteiger partial charge in [-0.05, 0) is 50.5 Å². The first-order valence-electron chi connectivity index (χ1n) is 9.43. The first kappa shape index (κ1) is 17.7. The lowest BCUT2D eigenvalue weighted by molar-refractivity contribution is 0.172. The Morgan fingerprint density at radius 2 is 1.88 bits per heavy atom. The summed E-state index contributed by atoms with van der Waals surface area (Å²) in [6.07, 6.45) is 3.14. The molecule has 0 amide bonds. The molecule has 4 rings (SSSR count). The third kappa shape index (κ3) is 3.69. The number of benzene rings is 1. The second kappa shape index (κ2) is 7.49. The largest absolute Gasteiger partial charge is 0.489 e. The van der Waals surface area contributed by atoms with Crippen LogP contribution in [0.4, 0.5) is 0 Å². The third-order valence-corrected chi connectivity index (χ3v) is 5.50. The molecule has 3 heterocycles. The van der Waals surface area contributed by atoms with Crippen molar-refractivity contribution in [1.29, 1.82) is 0 Å². The van der Waals surface area contributed by atoms with Crippen LogP contribution >= 0.6 is 11.6 Å². The van der Waals surface area contributed by atoms with Crippen LogP contribution in [0.5, 0.6) is 11.5 Å². The summed E-state index contributed by atoms with van der Waals surface area (Å²) < 4.78 is 13.7. The van der Waals surface area contributed by atoms with Crippen LogP contribution in [0.3, 0.4) is 0 Å². The SMILES string of the molecule is Cc1cc(C)n(C2CCN(Cc3cc(Cl)c4c(c3)OCCCO4)CC2)n1. The number of halogens is 1. The Hall–Kier alpha value is -1.72. The van der Waals surface area contributed by atoms with Crippen LogP contribution < -0.4 is 9.47 Å². The molecule has 0 unspecified atom stereocenters. The highest BCUT2D eigenvalue weighted by Crippen LogP contribution is 2.38. The lowest BCUT2D eigenvalue weighted by atomic mass is 10.0. The van der Waals surface area contributed by atoms with Gasteiger partial charge in [-0.25, -0.2) is 0 Å². The number of nitrogens with zero attached hydrogens (tertiary/aromatic N) is 3. The van der Waals surface area contributed by atoms with E-state index in [0.29, 0.717) is 30.0 Å². The zero-order chi connectivity index (χ0) is 18.1. The predicted molar refractivity (Wildman–Crippen MR) is 102 cm³/mol. The van der Waals surface area contributed by atoms with Crippen LogP contribution in [0.1, 0.15) is 42.3 Å². The highest BCUT2D eigenvalue weighted by Gasteiger charge is 2.23. The fourth-order valence-corrected chi connectivity index (χ4v) is 4.26. The fraction of sp³-hybridized carbons (Fsp3) is 0.550. The summed E-state index contributed by atoms with van der Waals surface area (Å²) in [7, 11) is 0. The monoisotopic (exact) mass is 375 g/mol. The Morgan fingerprint density at radius 1 is 1.12 bits per heavy atom. The number of piperidine rings is 1. The van der Waals surface area contributed by atoms with Crippen molar-refractivity contribution in [3.05, 3.63) is 40.2 Å². The van der Waals surface area contributed by atoms with Crippen molar-refractivity contribution in [2.24, 2.45) is 0 Å². The molecule has 0 aliphatic carbocycles. The maximum atomic E-state index is 6.43. The van der Waals surface area contributed by atoms with Crippen LogP contribution in [-0.2, 0) is 6.54 Å².